The minimum atomic E-state index is -0.952. The van der Waals surface area contributed by atoms with Crippen molar-refractivity contribution < 1.29 is 9.90 Å². The molecule has 1 N–H and O–H groups in total. The van der Waals surface area contributed by atoms with Gasteiger partial charge in [-0.3, -0.25) is 4.98 Å². The van der Waals surface area contributed by atoms with Crippen LogP contribution in [0.2, 0.25) is 0 Å². The second-order valence-corrected chi connectivity index (χ2v) is 4.21. The first kappa shape index (κ1) is 10.7. The fourth-order valence-corrected chi connectivity index (χ4v) is 2.17. The summed E-state index contributed by atoms with van der Waals surface area (Å²) in [5.41, 5.74) is 0.233. The van der Waals surface area contributed by atoms with Gasteiger partial charge in [0, 0.05) is 22.2 Å². The maximum absolute atomic E-state index is 11.0. The van der Waals surface area contributed by atoms with Gasteiger partial charge in [-0.05, 0) is 18.2 Å². The van der Waals surface area contributed by atoms with Gasteiger partial charge in [-0.15, -0.1) is 0 Å². The Morgan fingerprint density at radius 1 is 1.19 bits per heavy atom. The predicted molar refractivity (Wildman–Crippen MR) is 61.8 cm³/mol. The largest absolute Gasteiger partial charge is 0.478 e. The Morgan fingerprint density at radius 3 is 2.62 bits per heavy atom. The Morgan fingerprint density at radius 2 is 1.94 bits per heavy atom. The van der Waals surface area contributed by atoms with Gasteiger partial charge in [0.05, 0.1) is 5.56 Å². The summed E-state index contributed by atoms with van der Waals surface area (Å²) in [6.07, 6.45) is 2.96. The zero-order valence-corrected chi connectivity index (χ0v) is 9.15. The van der Waals surface area contributed by atoms with E-state index in [9.17, 15) is 4.79 Å². The number of pyridine rings is 1. The number of hydrogen-bond donors (Lipinski definition) is 1. The first-order chi connectivity index (χ1) is 7.77. The molecule has 0 unspecified atom stereocenters. The van der Waals surface area contributed by atoms with Crippen LogP contribution in [-0.4, -0.2) is 16.1 Å². The average Bonchev–Trinajstić information content (AvgIpc) is 2.31. The average molecular weight is 231 g/mol. The van der Waals surface area contributed by atoms with Gasteiger partial charge in [0.1, 0.15) is 0 Å². The highest BCUT2D eigenvalue weighted by atomic mass is 32.2. The van der Waals surface area contributed by atoms with Crippen molar-refractivity contribution in [3.8, 4) is 0 Å². The molecule has 4 heteroatoms. The molecule has 1 aromatic carbocycles. The van der Waals surface area contributed by atoms with E-state index in [1.165, 1.54) is 18.0 Å². The van der Waals surface area contributed by atoms with Gasteiger partial charge in [0.15, 0.2) is 0 Å². The van der Waals surface area contributed by atoms with Crippen LogP contribution in [0, 0.1) is 0 Å². The number of nitrogens with zero attached hydrogens (tertiary/aromatic N) is 1. The second-order valence-electron chi connectivity index (χ2n) is 3.09. The number of hydrogen-bond acceptors (Lipinski definition) is 3. The van der Waals surface area contributed by atoms with Crippen LogP contribution in [0.4, 0.5) is 0 Å². The highest BCUT2D eigenvalue weighted by Gasteiger charge is 2.10. The SMILES string of the molecule is O=C(O)c1cnccc1Sc1ccccc1. The van der Waals surface area contributed by atoms with E-state index in [1.807, 2.05) is 30.3 Å². The molecule has 16 heavy (non-hydrogen) atoms. The molecule has 0 saturated heterocycles. The molecule has 2 rings (SSSR count). The number of aromatic carboxylic acids is 1. The molecule has 0 aliphatic heterocycles. The van der Waals surface area contributed by atoms with E-state index in [0.717, 1.165) is 4.90 Å². The molecule has 0 aliphatic rings. The molecule has 0 atom stereocenters. The normalized spacial score (nSPS) is 10.0. The van der Waals surface area contributed by atoms with E-state index in [0.29, 0.717) is 4.90 Å². The van der Waals surface area contributed by atoms with Gasteiger partial charge >= 0.3 is 5.97 Å². The number of carbonyl (C=O) groups is 1. The molecule has 0 fully saturated rings. The minimum absolute atomic E-state index is 0.233. The fourth-order valence-electron chi connectivity index (χ4n) is 1.25. The van der Waals surface area contributed by atoms with Crippen molar-refractivity contribution in [2.45, 2.75) is 9.79 Å². The third-order valence-corrected chi connectivity index (χ3v) is 3.07. The molecule has 0 radical (unpaired) electrons. The summed E-state index contributed by atoms with van der Waals surface area (Å²) in [4.78, 5) is 16.5. The Kier molecular flexibility index (Phi) is 3.22. The lowest BCUT2D eigenvalue weighted by molar-refractivity contribution is 0.0692. The zero-order valence-electron chi connectivity index (χ0n) is 8.33. The topological polar surface area (TPSA) is 50.2 Å². The Bertz CT molecular complexity index is 499. The summed E-state index contributed by atoms with van der Waals surface area (Å²) in [5, 5.41) is 8.99. The third kappa shape index (κ3) is 2.41. The smallest absolute Gasteiger partial charge is 0.338 e. The van der Waals surface area contributed by atoms with Gasteiger partial charge in [-0.2, -0.15) is 0 Å². The van der Waals surface area contributed by atoms with Crippen molar-refractivity contribution in [2.24, 2.45) is 0 Å². The molecule has 80 valence electrons. The van der Waals surface area contributed by atoms with Crippen LogP contribution in [-0.2, 0) is 0 Å². The molecule has 0 bridgehead atoms. The summed E-state index contributed by atoms with van der Waals surface area (Å²) in [6.45, 7) is 0. The van der Waals surface area contributed by atoms with Crippen LogP contribution < -0.4 is 0 Å². The van der Waals surface area contributed by atoms with Crippen molar-refractivity contribution in [1.82, 2.24) is 4.98 Å². The first-order valence-corrected chi connectivity index (χ1v) is 5.49. The number of carboxylic acids is 1. The van der Waals surface area contributed by atoms with Gasteiger partial charge in [-0.1, -0.05) is 30.0 Å². The van der Waals surface area contributed by atoms with E-state index in [2.05, 4.69) is 4.98 Å². The highest BCUT2D eigenvalue weighted by Crippen LogP contribution is 2.29. The molecule has 0 saturated carbocycles. The van der Waals surface area contributed by atoms with Crippen molar-refractivity contribution in [2.75, 3.05) is 0 Å². The van der Waals surface area contributed by atoms with E-state index >= 15 is 0 Å². The van der Waals surface area contributed by atoms with E-state index in [1.54, 1.807) is 12.3 Å². The van der Waals surface area contributed by atoms with Gasteiger partial charge in [0.25, 0.3) is 0 Å². The standard InChI is InChI=1S/C12H9NO2S/c14-12(15)10-8-13-7-6-11(10)16-9-4-2-1-3-5-9/h1-8H,(H,14,15). The van der Waals surface area contributed by atoms with E-state index < -0.39 is 5.97 Å². The predicted octanol–water partition coefficient (Wildman–Crippen LogP) is 2.93. The monoisotopic (exact) mass is 231 g/mol. The molecule has 0 amide bonds. The Hall–Kier alpha value is -1.81. The first-order valence-electron chi connectivity index (χ1n) is 4.67. The minimum Gasteiger partial charge on any atom is -0.478 e. The maximum Gasteiger partial charge on any atom is 0.338 e. The number of carboxylic acid groups (broad SMARTS) is 1. The Labute approximate surface area is 97.2 Å². The zero-order chi connectivity index (χ0) is 11.4. The van der Waals surface area contributed by atoms with Crippen molar-refractivity contribution in [1.29, 1.82) is 0 Å². The van der Waals surface area contributed by atoms with Crippen LogP contribution in [0.25, 0.3) is 0 Å². The van der Waals surface area contributed by atoms with Crippen LogP contribution >= 0.6 is 11.8 Å². The summed E-state index contributed by atoms with van der Waals surface area (Å²) in [6, 6.07) is 11.4. The lowest BCUT2D eigenvalue weighted by Gasteiger charge is -2.04. The van der Waals surface area contributed by atoms with Gasteiger partial charge in [0.2, 0.25) is 0 Å². The van der Waals surface area contributed by atoms with E-state index in [4.69, 9.17) is 5.11 Å². The van der Waals surface area contributed by atoms with Crippen molar-refractivity contribution >= 4 is 17.7 Å². The second kappa shape index (κ2) is 4.81. The lowest BCUT2D eigenvalue weighted by Crippen LogP contribution is -1.99. The highest BCUT2D eigenvalue weighted by molar-refractivity contribution is 7.99. The van der Waals surface area contributed by atoms with Crippen LogP contribution in [0.15, 0.2) is 58.6 Å². The molecular formula is C12H9NO2S. The molecule has 3 nitrogen and oxygen atoms in total. The van der Waals surface area contributed by atoms with Gasteiger partial charge < -0.3 is 5.11 Å². The maximum atomic E-state index is 11.0. The molecule has 2 aromatic rings. The molecule has 1 aromatic heterocycles. The summed E-state index contributed by atoms with van der Waals surface area (Å²) in [7, 11) is 0. The van der Waals surface area contributed by atoms with Gasteiger partial charge in [-0.25, -0.2) is 4.79 Å². The number of benzene rings is 1. The third-order valence-electron chi connectivity index (χ3n) is 1.98. The Balaban J connectivity index is 2.31. The van der Waals surface area contributed by atoms with E-state index in [-0.39, 0.29) is 5.56 Å². The summed E-state index contributed by atoms with van der Waals surface area (Å²) < 4.78 is 0. The fraction of sp³-hybridized carbons (Fsp3) is 0. The quantitative estimate of drug-likeness (QED) is 0.882. The number of rotatable bonds is 3. The number of aromatic nitrogens is 1. The summed E-state index contributed by atoms with van der Waals surface area (Å²) >= 11 is 1.42. The molecule has 0 aliphatic carbocycles. The van der Waals surface area contributed by atoms with Crippen LogP contribution in [0.3, 0.4) is 0 Å². The summed E-state index contributed by atoms with van der Waals surface area (Å²) in [5.74, 6) is -0.952. The van der Waals surface area contributed by atoms with Crippen LogP contribution in [0.5, 0.6) is 0 Å². The lowest BCUT2D eigenvalue weighted by atomic mass is 10.3. The van der Waals surface area contributed by atoms with Crippen LogP contribution in [0.1, 0.15) is 10.4 Å². The molecular weight excluding hydrogens is 222 g/mol. The van der Waals surface area contributed by atoms with Crippen molar-refractivity contribution in [3.05, 3.63) is 54.4 Å². The van der Waals surface area contributed by atoms with Crippen molar-refractivity contribution in [3.63, 3.8) is 0 Å². The molecule has 1 heterocycles. The molecule has 0 spiro atoms.